The van der Waals surface area contributed by atoms with Crippen LogP contribution >= 0.6 is 0 Å². The van der Waals surface area contributed by atoms with Crippen molar-refractivity contribution in [1.29, 1.82) is 0 Å². The molecule has 0 unspecified atom stereocenters. The van der Waals surface area contributed by atoms with Crippen LogP contribution in [-0.4, -0.2) is 46.3 Å². The Bertz CT molecular complexity index is 2490. The summed E-state index contributed by atoms with van der Waals surface area (Å²) in [6, 6.07) is 25.6. The quantitative estimate of drug-likeness (QED) is 0.0615. The van der Waals surface area contributed by atoms with Gasteiger partial charge in [0.15, 0.2) is 11.5 Å². The molecule has 0 spiro atoms. The van der Waals surface area contributed by atoms with Crippen molar-refractivity contribution >= 4 is 80.9 Å². The van der Waals surface area contributed by atoms with E-state index in [1.54, 1.807) is 48.5 Å². The van der Waals surface area contributed by atoms with Crippen molar-refractivity contribution in [3.8, 4) is 56.8 Å². The first kappa shape index (κ1) is 26.7. The first-order valence-corrected chi connectivity index (χ1v) is 14.0. The van der Waals surface area contributed by atoms with E-state index in [1.807, 2.05) is 36.4 Å². The van der Waals surface area contributed by atoms with E-state index in [2.05, 4.69) is 0 Å². The van der Waals surface area contributed by atoms with Gasteiger partial charge in [0.2, 0.25) is 11.5 Å². The Morgan fingerprint density at radius 2 is 0.911 bits per heavy atom. The Labute approximate surface area is 257 Å². The zero-order chi connectivity index (χ0) is 31.3. The SMILES string of the molecule is [B]c1c([B])c(O)c2c(-c3ccc4oc5cc6ccccc6cc5c4c3)c3c(O)c(O)c(O)c(O)c3c(-c3ccccc3)c2c1O. The summed E-state index contributed by atoms with van der Waals surface area (Å²) in [5.41, 5.74) is 1.72. The molecule has 0 amide bonds. The van der Waals surface area contributed by atoms with Crippen molar-refractivity contribution in [1.82, 2.24) is 0 Å². The lowest BCUT2D eigenvalue weighted by atomic mass is 9.74. The van der Waals surface area contributed by atoms with Crippen LogP contribution < -0.4 is 10.9 Å². The van der Waals surface area contributed by atoms with Crippen LogP contribution in [0.2, 0.25) is 0 Å². The van der Waals surface area contributed by atoms with Crippen LogP contribution in [-0.2, 0) is 0 Å². The van der Waals surface area contributed by atoms with E-state index in [0.717, 1.165) is 16.2 Å². The van der Waals surface area contributed by atoms with Crippen LogP contribution in [0.4, 0.5) is 0 Å². The summed E-state index contributed by atoms with van der Waals surface area (Å²) >= 11 is 0. The van der Waals surface area contributed by atoms with Gasteiger partial charge >= 0.3 is 0 Å². The highest BCUT2D eigenvalue weighted by molar-refractivity contribution is 6.53. The van der Waals surface area contributed by atoms with Crippen LogP contribution in [0.3, 0.4) is 0 Å². The number of phenolic OH excluding ortho intramolecular Hbond substituents is 6. The molecular weight excluding hydrogens is 566 g/mol. The molecular formula is C36H20B2O7. The molecule has 212 valence electrons. The molecule has 8 aromatic rings. The Kier molecular flexibility index (Phi) is 5.49. The van der Waals surface area contributed by atoms with E-state index in [0.29, 0.717) is 27.7 Å². The lowest BCUT2D eigenvalue weighted by molar-refractivity contribution is 0.351. The fourth-order valence-corrected chi connectivity index (χ4v) is 6.48. The van der Waals surface area contributed by atoms with Gasteiger partial charge in [-0.1, -0.05) is 71.6 Å². The molecule has 0 aliphatic rings. The summed E-state index contributed by atoms with van der Waals surface area (Å²) in [5.74, 6) is -4.39. The maximum atomic E-state index is 11.6. The Hall–Kier alpha value is -5.95. The fourth-order valence-electron chi connectivity index (χ4n) is 6.48. The zero-order valence-electron chi connectivity index (χ0n) is 23.3. The lowest BCUT2D eigenvalue weighted by Gasteiger charge is -2.23. The molecule has 6 N–H and O–H groups in total. The minimum Gasteiger partial charge on any atom is -0.508 e. The van der Waals surface area contributed by atoms with Gasteiger partial charge in [-0.3, -0.25) is 0 Å². The molecule has 1 aromatic heterocycles. The van der Waals surface area contributed by atoms with Crippen molar-refractivity contribution < 1.29 is 35.1 Å². The van der Waals surface area contributed by atoms with E-state index in [-0.39, 0.29) is 43.6 Å². The van der Waals surface area contributed by atoms with Gasteiger partial charge in [-0.15, -0.1) is 0 Å². The van der Waals surface area contributed by atoms with Gasteiger partial charge < -0.3 is 35.1 Å². The number of rotatable bonds is 2. The minimum absolute atomic E-state index is 0.00273. The topological polar surface area (TPSA) is 135 Å². The first-order chi connectivity index (χ1) is 21.7. The van der Waals surface area contributed by atoms with E-state index >= 15 is 0 Å². The predicted octanol–water partition coefficient (Wildman–Crippen LogP) is 6.20. The number of hydrogen-bond acceptors (Lipinski definition) is 7. The highest BCUT2D eigenvalue weighted by Gasteiger charge is 2.30. The van der Waals surface area contributed by atoms with Crippen molar-refractivity contribution in [2.75, 3.05) is 0 Å². The van der Waals surface area contributed by atoms with Crippen LogP contribution in [0, 0.1) is 0 Å². The van der Waals surface area contributed by atoms with Crippen LogP contribution in [0.25, 0.3) is 76.5 Å². The Morgan fingerprint density at radius 1 is 0.422 bits per heavy atom. The highest BCUT2D eigenvalue weighted by Crippen LogP contribution is 2.58. The third kappa shape index (κ3) is 3.55. The van der Waals surface area contributed by atoms with Gasteiger partial charge in [0.1, 0.15) is 38.4 Å². The van der Waals surface area contributed by atoms with Gasteiger partial charge in [-0.05, 0) is 46.2 Å². The summed E-state index contributed by atoms with van der Waals surface area (Å²) in [4.78, 5) is 0. The van der Waals surface area contributed by atoms with Crippen LogP contribution in [0.5, 0.6) is 34.5 Å². The summed E-state index contributed by atoms with van der Waals surface area (Å²) in [7, 11) is 12.4. The molecule has 0 bridgehead atoms. The number of fused-ring (bicyclic) bond motifs is 6. The molecule has 4 radical (unpaired) electrons. The normalized spacial score (nSPS) is 11.8. The van der Waals surface area contributed by atoms with E-state index in [9.17, 15) is 30.6 Å². The lowest BCUT2D eigenvalue weighted by Crippen LogP contribution is -2.26. The highest BCUT2D eigenvalue weighted by atomic mass is 16.3. The van der Waals surface area contributed by atoms with Crippen molar-refractivity contribution in [2.24, 2.45) is 0 Å². The molecule has 1 heterocycles. The molecule has 45 heavy (non-hydrogen) atoms. The maximum absolute atomic E-state index is 11.6. The van der Waals surface area contributed by atoms with E-state index in [4.69, 9.17) is 20.1 Å². The first-order valence-electron chi connectivity index (χ1n) is 14.0. The van der Waals surface area contributed by atoms with Gasteiger partial charge in [0.05, 0.1) is 0 Å². The predicted molar refractivity (Wildman–Crippen MR) is 178 cm³/mol. The monoisotopic (exact) mass is 586 g/mol. The maximum Gasteiger partial charge on any atom is 0.204 e. The van der Waals surface area contributed by atoms with Crippen LogP contribution in [0.1, 0.15) is 0 Å². The summed E-state index contributed by atoms with van der Waals surface area (Å²) in [6.07, 6.45) is 0. The second-order valence-corrected chi connectivity index (χ2v) is 11.0. The van der Waals surface area contributed by atoms with E-state index in [1.165, 1.54) is 0 Å². The average Bonchev–Trinajstić information content (AvgIpc) is 3.42. The van der Waals surface area contributed by atoms with Crippen molar-refractivity contribution in [3.05, 3.63) is 84.9 Å². The van der Waals surface area contributed by atoms with Gasteiger partial charge in [-0.25, -0.2) is 0 Å². The number of aromatic hydroxyl groups is 6. The Morgan fingerprint density at radius 3 is 1.51 bits per heavy atom. The third-order valence-corrected chi connectivity index (χ3v) is 8.61. The Balaban J connectivity index is 1.63. The molecule has 0 fully saturated rings. The van der Waals surface area contributed by atoms with Gasteiger partial charge in [0, 0.05) is 43.4 Å². The van der Waals surface area contributed by atoms with E-state index < -0.39 is 34.5 Å². The molecule has 8 rings (SSSR count). The molecule has 0 atom stereocenters. The summed E-state index contributed by atoms with van der Waals surface area (Å²) in [6.45, 7) is 0. The number of phenols is 6. The minimum atomic E-state index is -0.965. The fraction of sp³-hybridized carbons (Fsp3) is 0. The number of furan rings is 1. The third-order valence-electron chi connectivity index (χ3n) is 8.61. The van der Waals surface area contributed by atoms with Crippen molar-refractivity contribution in [2.45, 2.75) is 0 Å². The van der Waals surface area contributed by atoms with Crippen molar-refractivity contribution in [3.63, 3.8) is 0 Å². The molecule has 7 nitrogen and oxygen atoms in total. The summed E-state index contributed by atoms with van der Waals surface area (Å²) < 4.78 is 6.17. The van der Waals surface area contributed by atoms with Gasteiger partial charge in [-0.2, -0.15) is 0 Å². The largest absolute Gasteiger partial charge is 0.508 e. The zero-order valence-corrected chi connectivity index (χ0v) is 23.3. The molecule has 0 saturated carbocycles. The van der Waals surface area contributed by atoms with Gasteiger partial charge in [0.25, 0.3) is 0 Å². The molecule has 9 heteroatoms. The van der Waals surface area contributed by atoms with Crippen LogP contribution in [0.15, 0.2) is 89.3 Å². The number of benzene rings is 7. The second-order valence-electron chi connectivity index (χ2n) is 11.0. The standard InChI is InChI=1S/C36H20B2O7/c37-29-30(38)32(40)26-24(18-10-11-21-19(13-18)20-12-16-8-4-5-9-17(16)14-22(20)45-21)28-27(33(41)35(43)36(44)34(28)42)23(25(26)31(29)39)15-6-2-1-3-7-15/h1-14,39-44H. The average molecular weight is 586 g/mol. The molecule has 0 saturated heterocycles. The molecule has 0 aliphatic heterocycles. The number of hydrogen-bond donors (Lipinski definition) is 6. The second kappa shape index (κ2) is 9.27. The molecule has 0 aliphatic carbocycles. The molecule has 7 aromatic carbocycles. The summed E-state index contributed by atoms with van der Waals surface area (Å²) in [5, 5.41) is 70.7. The smallest absolute Gasteiger partial charge is 0.204 e.